The zero-order valence-electron chi connectivity index (χ0n) is 4.97. The molecule has 0 bridgehead atoms. The minimum absolute atomic E-state index is 0.0683. The summed E-state index contributed by atoms with van der Waals surface area (Å²) in [6, 6.07) is 1.56. The molecule has 1 aromatic rings. The second-order valence-electron chi connectivity index (χ2n) is 1.78. The summed E-state index contributed by atoms with van der Waals surface area (Å²) in [4.78, 5) is 0. The van der Waals surface area contributed by atoms with Gasteiger partial charge in [0.25, 0.3) is 0 Å². The average Bonchev–Trinajstić information content (AvgIpc) is 1.97. The van der Waals surface area contributed by atoms with Gasteiger partial charge >= 0.3 is 0 Å². The van der Waals surface area contributed by atoms with Crippen LogP contribution in [0.3, 0.4) is 0 Å². The lowest BCUT2D eigenvalue weighted by Crippen LogP contribution is -1.85. The first kappa shape index (κ1) is 10.0. The van der Waals surface area contributed by atoms with Crippen LogP contribution in [0.25, 0.3) is 0 Å². The Balaban J connectivity index is 3.46. The molecule has 0 spiro atoms. The van der Waals surface area contributed by atoms with Crippen molar-refractivity contribution in [1.29, 1.82) is 0 Å². The molecule has 0 nitrogen and oxygen atoms in total. The summed E-state index contributed by atoms with van der Waals surface area (Å²) in [5.74, 6) is -0.480. The molecule has 0 heterocycles. The highest BCUT2D eigenvalue weighted by Crippen LogP contribution is 2.33. The normalized spacial score (nSPS) is 10.3. The Hall–Kier alpha value is 0.940. The van der Waals surface area contributed by atoms with Crippen molar-refractivity contribution >= 4 is 61.7 Å². The van der Waals surface area contributed by atoms with Crippen molar-refractivity contribution in [2.75, 3.05) is 0 Å². The summed E-state index contributed by atoms with van der Waals surface area (Å²) in [5, 5.41) is 0.429. The van der Waals surface area contributed by atoms with Crippen molar-refractivity contribution in [3.8, 4) is 0 Å². The monoisotopic (exact) mass is 368 g/mol. The van der Waals surface area contributed by atoms with Crippen LogP contribution < -0.4 is 0 Å². The van der Waals surface area contributed by atoms with Gasteiger partial charge in [-0.15, -0.1) is 0 Å². The smallest absolute Gasteiger partial charge is 0.157 e. The number of benzene rings is 1. The molecule has 0 aromatic heterocycles. The summed E-state index contributed by atoms with van der Waals surface area (Å²) < 4.78 is 13.8. The topological polar surface area (TPSA) is 0 Å². The highest BCUT2D eigenvalue weighted by atomic mass is 127. The molecule has 5 heteroatoms. The Kier molecular flexibility index (Phi) is 3.43. The Morgan fingerprint density at radius 1 is 1.45 bits per heavy atom. The Morgan fingerprint density at radius 2 is 2.00 bits per heavy atom. The van der Waals surface area contributed by atoms with Gasteiger partial charge in [-0.3, -0.25) is 0 Å². The third-order valence-corrected chi connectivity index (χ3v) is 3.95. The van der Waals surface area contributed by atoms with Gasteiger partial charge in [-0.05, 0) is 44.6 Å². The lowest BCUT2D eigenvalue weighted by atomic mass is 10.3. The molecule has 0 atom stereocenters. The maximum absolute atomic E-state index is 13.0. The van der Waals surface area contributed by atoms with Crippen LogP contribution in [0.15, 0.2) is 10.5 Å². The van der Waals surface area contributed by atoms with E-state index in [1.54, 1.807) is 28.7 Å². The quantitative estimate of drug-likeness (QED) is 0.359. The van der Waals surface area contributed by atoms with Crippen LogP contribution in [-0.2, 0) is 0 Å². The molecule has 0 amide bonds. The second-order valence-corrected chi connectivity index (χ2v) is 4.50. The van der Waals surface area contributed by atoms with Gasteiger partial charge in [0.05, 0.1) is 13.6 Å². The third-order valence-electron chi connectivity index (χ3n) is 1.06. The van der Waals surface area contributed by atoms with Gasteiger partial charge in [0.2, 0.25) is 0 Å². The van der Waals surface area contributed by atoms with E-state index in [4.69, 9.17) is 23.2 Å². The largest absolute Gasteiger partial charge is 0.204 e. The second kappa shape index (κ2) is 3.77. The van der Waals surface area contributed by atoms with Crippen LogP contribution in [0.4, 0.5) is 4.39 Å². The molecule has 0 N–H and O–H groups in total. The summed E-state index contributed by atoms with van der Waals surface area (Å²) in [6.45, 7) is 0. The fourth-order valence-electron chi connectivity index (χ4n) is 0.544. The Labute approximate surface area is 95.3 Å². The molecule has 0 saturated heterocycles. The first-order chi connectivity index (χ1) is 5.04. The number of hydrogen-bond donors (Lipinski definition) is 0. The van der Waals surface area contributed by atoms with Crippen LogP contribution in [0.2, 0.25) is 10.0 Å². The third kappa shape index (κ3) is 1.99. The van der Waals surface area contributed by atoms with Gasteiger partial charge in [-0.2, -0.15) is 0 Å². The molecule has 11 heavy (non-hydrogen) atoms. The minimum atomic E-state index is -0.480. The zero-order valence-corrected chi connectivity index (χ0v) is 10.2. The van der Waals surface area contributed by atoms with E-state index in [0.29, 0.717) is 13.1 Å². The standard InChI is InChI=1S/C6HBrCl2FI/c7-2-1-3(8)6(11)5(10)4(2)9/h1H. The van der Waals surface area contributed by atoms with Crippen molar-refractivity contribution in [2.24, 2.45) is 0 Å². The number of rotatable bonds is 0. The van der Waals surface area contributed by atoms with Gasteiger partial charge in [-0.1, -0.05) is 23.2 Å². The maximum Gasteiger partial charge on any atom is 0.157 e. The van der Waals surface area contributed by atoms with Crippen LogP contribution in [-0.4, -0.2) is 0 Å². The molecule has 60 valence electrons. The highest BCUT2D eigenvalue weighted by molar-refractivity contribution is 14.1. The summed E-state index contributed by atoms with van der Waals surface area (Å²) in [7, 11) is 0. The van der Waals surface area contributed by atoms with E-state index in [2.05, 4.69) is 15.9 Å². The van der Waals surface area contributed by atoms with E-state index >= 15 is 0 Å². The van der Waals surface area contributed by atoms with Crippen molar-refractivity contribution in [3.05, 3.63) is 30.0 Å². The van der Waals surface area contributed by atoms with Crippen LogP contribution in [0.1, 0.15) is 0 Å². The Bertz CT molecular complexity index is 277. The van der Waals surface area contributed by atoms with Crippen molar-refractivity contribution in [3.63, 3.8) is 0 Å². The van der Waals surface area contributed by atoms with E-state index in [1.165, 1.54) is 0 Å². The Morgan fingerprint density at radius 3 is 2.55 bits per heavy atom. The predicted molar refractivity (Wildman–Crippen MR) is 56.8 cm³/mol. The molecular weight excluding hydrogens is 369 g/mol. The molecule has 0 aliphatic heterocycles. The number of halogens is 5. The molecule has 0 fully saturated rings. The van der Waals surface area contributed by atoms with Crippen molar-refractivity contribution < 1.29 is 4.39 Å². The molecule has 0 radical (unpaired) electrons. The molecule has 1 aromatic carbocycles. The van der Waals surface area contributed by atoms with Crippen LogP contribution in [0, 0.1) is 9.39 Å². The van der Waals surface area contributed by atoms with E-state index in [1.807, 2.05) is 0 Å². The van der Waals surface area contributed by atoms with Crippen LogP contribution in [0.5, 0.6) is 0 Å². The molecule has 1 rings (SSSR count). The van der Waals surface area contributed by atoms with Gasteiger partial charge in [0, 0.05) is 4.47 Å². The molecule has 0 aliphatic rings. The lowest BCUT2D eigenvalue weighted by Gasteiger charge is -2.01. The molecule has 0 unspecified atom stereocenters. The molecule has 0 saturated carbocycles. The zero-order chi connectivity index (χ0) is 8.59. The highest BCUT2D eigenvalue weighted by Gasteiger charge is 2.11. The van der Waals surface area contributed by atoms with E-state index in [0.717, 1.165) is 0 Å². The average molecular weight is 370 g/mol. The maximum atomic E-state index is 13.0. The number of hydrogen-bond acceptors (Lipinski definition) is 0. The molecular formula is C6HBrCl2FI. The summed E-state index contributed by atoms with van der Waals surface area (Å²) in [5.41, 5.74) is 0. The predicted octanol–water partition coefficient (Wildman–Crippen LogP) is 4.50. The van der Waals surface area contributed by atoms with Gasteiger partial charge < -0.3 is 0 Å². The first-order valence-electron chi connectivity index (χ1n) is 2.52. The van der Waals surface area contributed by atoms with Crippen LogP contribution >= 0.6 is 61.7 Å². The summed E-state index contributed by atoms with van der Waals surface area (Å²) >= 11 is 16.1. The van der Waals surface area contributed by atoms with Crippen molar-refractivity contribution in [1.82, 2.24) is 0 Å². The van der Waals surface area contributed by atoms with E-state index in [9.17, 15) is 4.39 Å². The fourth-order valence-corrected chi connectivity index (χ4v) is 2.00. The van der Waals surface area contributed by atoms with E-state index < -0.39 is 5.82 Å². The molecule has 0 aliphatic carbocycles. The van der Waals surface area contributed by atoms with Gasteiger partial charge in [0.1, 0.15) is 0 Å². The SMILES string of the molecule is Fc1c(Cl)c(Br)cc(Cl)c1I. The first-order valence-corrected chi connectivity index (χ1v) is 5.15. The van der Waals surface area contributed by atoms with Crippen molar-refractivity contribution in [2.45, 2.75) is 0 Å². The lowest BCUT2D eigenvalue weighted by molar-refractivity contribution is 0.620. The fraction of sp³-hybridized carbons (Fsp3) is 0. The minimum Gasteiger partial charge on any atom is -0.204 e. The van der Waals surface area contributed by atoms with E-state index in [-0.39, 0.29) is 5.02 Å². The van der Waals surface area contributed by atoms with Gasteiger partial charge in [0.15, 0.2) is 5.82 Å². The summed E-state index contributed by atoms with van der Waals surface area (Å²) in [6.07, 6.45) is 0. The van der Waals surface area contributed by atoms with Gasteiger partial charge in [-0.25, -0.2) is 4.39 Å².